The Morgan fingerprint density at radius 2 is 2.16 bits per heavy atom. The molecule has 0 aliphatic rings. The smallest absolute Gasteiger partial charge is 0.337 e. The molecule has 0 aromatic heterocycles. The normalized spacial score (nSPS) is 11.3. The number of carboxylic acids is 1. The molecule has 7 nitrogen and oxygen atoms in total. The molecule has 106 valence electrons. The summed E-state index contributed by atoms with van der Waals surface area (Å²) in [6, 6.07) is 4.22. The standard InChI is InChI=1S/C10H13BrN2O5S/c1-18-5-4-12-19(16,17)13-9-3-2-7(11)6-8(9)10(14)15/h2-3,6,12-13H,4-5H2,1H3,(H,14,15). The molecule has 0 atom stereocenters. The second kappa shape index (κ2) is 6.85. The third-order valence-corrected chi connectivity index (χ3v) is 3.62. The van der Waals surface area contributed by atoms with E-state index in [0.717, 1.165) is 0 Å². The second-order valence-electron chi connectivity index (χ2n) is 3.49. The van der Waals surface area contributed by atoms with Crippen LogP contribution in [0.25, 0.3) is 0 Å². The summed E-state index contributed by atoms with van der Waals surface area (Å²) < 4.78 is 32.9. The topological polar surface area (TPSA) is 105 Å². The van der Waals surface area contributed by atoms with Crippen LogP contribution in [0.3, 0.4) is 0 Å². The molecule has 0 saturated heterocycles. The number of hydrogen-bond acceptors (Lipinski definition) is 4. The van der Waals surface area contributed by atoms with E-state index in [2.05, 4.69) is 25.4 Å². The summed E-state index contributed by atoms with van der Waals surface area (Å²) in [5.74, 6) is -1.23. The number of hydrogen-bond donors (Lipinski definition) is 3. The number of rotatable bonds is 7. The first-order valence-electron chi connectivity index (χ1n) is 5.15. The molecule has 0 bridgehead atoms. The monoisotopic (exact) mass is 352 g/mol. The molecule has 1 aromatic rings. The highest BCUT2D eigenvalue weighted by Crippen LogP contribution is 2.21. The number of benzene rings is 1. The highest BCUT2D eigenvalue weighted by molar-refractivity contribution is 9.10. The number of ether oxygens (including phenoxy) is 1. The van der Waals surface area contributed by atoms with Crippen LogP contribution < -0.4 is 9.44 Å². The zero-order valence-corrected chi connectivity index (χ0v) is 12.4. The zero-order chi connectivity index (χ0) is 14.5. The van der Waals surface area contributed by atoms with Crippen LogP contribution in [0.15, 0.2) is 22.7 Å². The number of carboxylic acid groups (broad SMARTS) is 1. The first-order valence-corrected chi connectivity index (χ1v) is 7.42. The Morgan fingerprint density at radius 3 is 2.74 bits per heavy atom. The van der Waals surface area contributed by atoms with Gasteiger partial charge in [-0.05, 0) is 18.2 Å². The quantitative estimate of drug-likeness (QED) is 0.636. The van der Waals surface area contributed by atoms with Gasteiger partial charge in [0.05, 0.1) is 17.9 Å². The van der Waals surface area contributed by atoms with E-state index in [9.17, 15) is 13.2 Å². The average Bonchev–Trinajstić information content (AvgIpc) is 2.31. The maximum Gasteiger partial charge on any atom is 0.337 e. The number of halogens is 1. The lowest BCUT2D eigenvalue weighted by molar-refractivity contribution is 0.0698. The van der Waals surface area contributed by atoms with Crippen molar-refractivity contribution in [2.45, 2.75) is 0 Å². The van der Waals surface area contributed by atoms with Gasteiger partial charge in [-0.15, -0.1) is 0 Å². The molecule has 0 heterocycles. The molecule has 0 unspecified atom stereocenters. The van der Waals surface area contributed by atoms with Crippen molar-refractivity contribution >= 4 is 37.8 Å². The predicted molar refractivity (Wildman–Crippen MR) is 73.5 cm³/mol. The average molecular weight is 353 g/mol. The van der Waals surface area contributed by atoms with Gasteiger partial charge in [-0.2, -0.15) is 13.1 Å². The number of aromatic carboxylic acids is 1. The molecule has 19 heavy (non-hydrogen) atoms. The zero-order valence-electron chi connectivity index (χ0n) is 10.0. The first-order chi connectivity index (χ1) is 8.85. The van der Waals surface area contributed by atoms with Crippen molar-refractivity contribution in [3.05, 3.63) is 28.2 Å². The Hall–Kier alpha value is -1.16. The number of carbonyl (C=O) groups is 1. The molecule has 0 fully saturated rings. The first kappa shape index (κ1) is 15.9. The fourth-order valence-corrected chi connectivity index (χ4v) is 2.49. The molecule has 1 aromatic carbocycles. The lowest BCUT2D eigenvalue weighted by Gasteiger charge is -2.11. The molecule has 0 radical (unpaired) electrons. The van der Waals surface area contributed by atoms with E-state index in [1.165, 1.54) is 19.2 Å². The molecule has 3 N–H and O–H groups in total. The SMILES string of the molecule is COCCNS(=O)(=O)Nc1ccc(Br)cc1C(=O)O. The van der Waals surface area contributed by atoms with Gasteiger partial charge in [-0.3, -0.25) is 4.72 Å². The van der Waals surface area contributed by atoms with Gasteiger partial charge in [0.15, 0.2) is 0 Å². The molecule has 1 rings (SSSR count). The van der Waals surface area contributed by atoms with E-state index in [0.29, 0.717) is 4.47 Å². The second-order valence-corrected chi connectivity index (χ2v) is 5.90. The van der Waals surface area contributed by atoms with E-state index < -0.39 is 16.2 Å². The molecule has 9 heteroatoms. The molecule has 0 saturated carbocycles. The summed E-state index contributed by atoms with van der Waals surface area (Å²) >= 11 is 3.12. The van der Waals surface area contributed by atoms with Crippen LogP contribution >= 0.6 is 15.9 Å². The van der Waals surface area contributed by atoms with E-state index >= 15 is 0 Å². The third-order valence-electron chi connectivity index (χ3n) is 2.05. The van der Waals surface area contributed by atoms with Crippen LogP contribution in [0.1, 0.15) is 10.4 Å². The van der Waals surface area contributed by atoms with Crippen molar-refractivity contribution in [2.24, 2.45) is 0 Å². The van der Waals surface area contributed by atoms with Crippen molar-refractivity contribution in [2.75, 3.05) is 25.0 Å². The molecule has 0 amide bonds. The van der Waals surface area contributed by atoms with Crippen molar-refractivity contribution in [1.29, 1.82) is 0 Å². The summed E-state index contributed by atoms with van der Waals surface area (Å²) in [4.78, 5) is 11.0. The van der Waals surface area contributed by atoms with Crippen LogP contribution in [0.5, 0.6) is 0 Å². The van der Waals surface area contributed by atoms with Crippen LogP contribution in [0.4, 0.5) is 5.69 Å². The van der Waals surface area contributed by atoms with Gasteiger partial charge < -0.3 is 9.84 Å². The fraction of sp³-hybridized carbons (Fsp3) is 0.300. The summed E-state index contributed by atoms with van der Waals surface area (Å²) in [6.07, 6.45) is 0. The molecule has 0 aliphatic heterocycles. The van der Waals surface area contributed by atoms with E-state index in [-0.39, 0.29) is 24.4 Å². The van der Waals surface area contributed by atoms with Gasteiger partial charge in [-0.25, -0.2) is 4.79 Å². The molecule has 0 spiro atoms. The summed E-state index contributed by atoms with van der Waals surface area (Å²) in [5, 5.41) is 9.01. The van der Waals surface area contributed by atoms with Crippen LogP contribution in [0.2, 0.25) is 0 Å². The number of anilines is 1. The maximum absolute atomic E-state index is 11.7. The van der Waals surface area contributed by atoms with Crippen molar-refractivity contribution in [3.63, 3.8) is 0 Å². The summed E-state index contributed by atoms with van der Waals surface area (Å²) in [5.41, 5.74) is -0.160. The number of methoxy groups -OCH3 is 1. The Balaban J connectivity index is 2.90. The Kier molecular flexibility index (Phi) is 5.73. The minimum Gasteiger partial charge on any atom is -0.478 e. The molecular weight excluding hydrogens is 340 g/mol. The van der Waals surface area contributed by atoms with Gasteiger partial charge in [0.25, 0.3) is 10.2 Å². The largest absolute Gasteiger partial charge is 0.478 e. The van der Waals surface area contributed by atoms with E-state index in [1.54, 1.807) is 6.07 Å². The fourth-order valence-electron chi connectivity index (χ4n) is 1.24. The number of nitrogens with one attached hydrogen (secondary N) is 2. The van der Waals surface area contributed by atoms with Crippen LogP contribution in [-0.4, -0.2) is 39.8 Å². The van der Waals surface area contributed by atoms with Crippen molar-refractivity contribution < 1.29 is 23.1 Å². The lowest BCUT2D eigenvalue weighted by atomic mass is 10.2. The van der Waals surface area contributed by atoms with Gasteiger partial charge in [0, 0.05) is 18.1 Å². The van der Waals surface area contributed by atoms with Gasteiger partial charge in [0.1, 0.15) is 0 Å². The predicted octanol–water partition coefficient (Wildman–Crippen LogP) is 1.04. The van der Waals surface area contributed by atoms with Crippen molar-refractivity contribution in [3.8, 4) is 0 Å². The third kappa shape index (κ3) is 5.15. The summed E-state index contributed by atoms with van der Waals surface area (Å²) in [6.45, 7) is 0.303. The van der Waals surface area contributed by atoms with Crippen LogP contribution in [0, 0.1) is 0 Å². The van der Waals surface area contributed by atoms with Crippen molar-refractivity contribution in [1.82, 2.24) is 4.72 Å². The maximum atomic E-state index is 11.7. The van der Waals surface area contributed by atoms with Gasteiger partial charge >= 0.3 is 5.97 Å². The Morgan fingerprint density at radius 1 is 1.47 bits per heavy atom. The van der Waals surface area contributed by atoms with E-state index in [4.69, 9.17) is 9.84 Å². The van der Waals surface area contributed by atoms with Gasteiger partial charge in [0.2, 0.25) is 0 Å². The Bertz CT molecular complexity index is 561. The minimum absolute atomic E-state index is 0.0133. The molecule has 0 aliphatic carbocycles. The van der Waals surface area contributed by atoms with Gasteiger partial charge in [-0.1, -0.05) is 15.9 Å². The summed E-state index contributed by atoms with van der Waals surface area (Å²) in [7, 11) is -2.39. The lowest BCUT2D eigenvalue weighted by Crippen LogP contribution is -2.33. The minimum atomic E-state index is -3.83. The highest BCUT2D eigenvalue weighted by Gasteiger charge is 2.16. The van der Waals surface area contributed by atoms with Crippen LogP contribution in [-0.2, 0) is 14.9 Å². The highest BCUT2D eigenvalue weighted by atomic mass is 79.9. The van der Waals surface area contributed by atoms with E-state index in [1.807, 2.05) is 0 Å². The molecular formula is C10H13BrN2O5S. The Labute approximate surface area is 119 Å².